The van der Waals surface area contributed by atoms with Crippen molar-refractivity contribution in [2.24, 2.45) is 0 Å². The minimum absolute atomic E-state index is 0.343. The number of H-pyrrole nitrogens is 2. The van der Waals surface area contributed by atoms with Gasteiger partial charge in [0.05, 0.1) is 22.8 Å². The van der Waals surface area contributed by atoms with Crippen molar-refractivity contribution in [2.45, 2.75) is 49.4 Å². The summed E-state index contributed by atoms with van der Waals surface area (Å²) in [6, 6.07) is 41.1. The minimum Gasteiger partial charge on any atom is -0.355 e. The van der Waals surface area contributed by atoms with Crippen molar-refractivity contribution < 1.29 is 0 Å². The number of aromatic amines is 2. The van der Waals surface area contributed by atoms with Crippen molar-refractivity contribution in [1.82, 2.24) is 19.9 Å². The highest BCUT2D eigenvalue weighted by Crippen LogP contribution is 2.61. The number of aromatic nitrogens is 4. The summed E-state index contributed by atoms with van der Waals surface area (Å²) < 4.78 is 0. The van der Waals surface area contributed by atoms with E-state index in [0.717, 1.165) is 46.7 Å². The fraction of sp³-hybridized carbons (Fsp3) is 0.167. The lowest BCUT2D eigenvalue weighted by atomic mass is 9.63. The zero-order chi connectivity index (χ0) is 33.7. The van der Waals surface area contributed by atoms with Crippen LogP contribution in [0.2, 0.25) is 0 Å². The quantitative estimate of drug-likeness (QED) is 0.169. The molecule has 0 saturated carbocycles. The molecule has 15 rings (SSSR count). The Balaban J connectivity index is 1.05. The van der Waals surface area contributed by atoms with Crippen LogP contribution in [0, 0.1) is 0 Å². The van der Waals surface area contributed by atoms with Crippen LogP contribution >= 0.6 is 0 Å². The maximum atomic E-state index is 5.43. The Morgan fingerprint density at radius 3 is 1.46 bits per heavy atom. The van der Waals surface area contributed by atoms with E-state index in [2.05, 4.69) is 131 Å². The molecular weight excluding hydrogens is 633 g/mol. The van der Waals surface area contributed by atoms with Crippen LogP contribution in [0.5, 0.6) is 0 Å². The summed E-state index contributed by atoms with van der Waals surface area (Å²) in [6.07, 6.45) is 9.02. The molecule has 4 unspecified atom stereocenters. The molecule has 2 aliphatic heterocycles. The van der Waals surface area contributed by atoms with Crippen LogP contribution in [0.3, 0.4) is 0 Å². The Bertz CT molecular complexity index is 3010. The lowest BCUT2D eigenvalue weighted by molar-refractivity contribution is 0.528. The van der Waals surface area contributed by atoms with E-state index in [0.29, 0.717) is 23.7 Å². The second kappa shape index (κ2) is 9.86. The van der Waals surface area contributed by atoms with Crippen LogP contribution in [0.4, 0.5) is 0 Å². The number of allylic oxidation sites excluding steroid dienone is 2. The second-order valence-corrected chi connectivity index (χ2v) is 15.8. The van der Waals surface area contributed by atoms with Gasteiger partial charge in [0, 0.05) is 45.7 Å². The molecule has 3 aromatic heterocycles. The second-order valence-electron chi connectivity index (χ2n) is 15.8. The number of hydrogen-bond acceptors (Lipinski definition) is 2. The summed E-state index contributed by atoms with van der Waals surface area (Å²) in [5.74, 6) is 1.43. The molecule has 246 valence electrons. The first-order chi connectivity index (χ1) is 25.7. The molecule has 12 bridgehead atoms. The molecule has 52 heavy (non-hydrogen) atoms. The van der Waals surface area contributed by atoms with Gasteiger partial charge < -0.3 is 9.97 Å². The van der Waals surface area contributed by atoms with Crippen LogP contribution in [0.25, 0.3) is 66.9 Å². The average molecular weight is 667 g/mol. The predicted octanol–water partition coefficient (Wildman–Crippen LogP) is 11.7. The van der Waals surface area contributed by atoms with Gasteiger partial charge in [-0.2, -0.15) is 0 Å². The molecule has 5 heterocycles. The van der Waals surface area contributed by atoms with Gasteiger partial charge in [-0.05, 0) is 140 Å². The van der Waals surface area contributed by atoms with Crippen LogP contribution in [-0.2, 0) is 0 Å². The van der Waals surface area contributed by atoms with Crippen LogP contribution in [0.1, 0.15) is 106 Å². The summed E-state index contributed by atoms with van der Waals surface area (Å²) in [7, 11) is 0. The number of fused-ring (bicyclic) bond motifs is 12. The fourth-order valence-electron chi connectivity index (χ4n) is 11.0. The summed E-state index contributed by atoms with van der Waals surface area (Å²) in [5.41, 5.74) is 20.4. The Morgan fingerprint density at radius 1 is 0.423 bits per heavy atom. The Labute approximate surface area is 300 Å². The van der Waals surface area contributed by atoms with Crippen molar-refractivity contribution >= 4 is 66.9 Å². The normalized spacial score (nSPS) is 21.8. The SMILES string of the molecule is C1=Cc2cc3[nH]c(cc4ccc(cc5nc(cc1n2)C1=C5C2CCC1c1cc5ccccc5cc12)[nH]4)c1c3C2CCC1c1cc3ccccc3cc12. The van der Waals surface area contributed by atoms with Gasteiger partial charge in [0.2, 0.25) is 0 Å². The monoisotopic (exact) mass is 666 g/mol. The number of rotatable bonds is 0. The molecule has 0 fully saturated rings. The highest BCUT2D eigenvalue weighted by Gasteiger charge is 2.44. The zero-order valence-electron chi connectivity index (χ0n) is 28.6. The lowest BCUT2D eigenvalue weighted by Crippen LogP contribution is -2.23. The van der Waals surface area contributed by atoms with Gasteiger partial charge in [0.15, 0.2) is 0 Å². The van der Waals surface area contributed by atoms with E-state index >= 15 is 0 Å². The standard InChI is InChI=1S/C48H34N4/c1-2-6-26-18-38-34-14-13-33(37(38)17-25(26)5-1)45-41-21-29-9-10-31(49-29)23-43-47-35-15-16-36(40-20-28-8-4-3-7-27(28)19-39(35)40)48(47)44(52-43)24-32-12-11-30(50-32)22-42(51-41)46(34)45/h1-12,17-24,33-36,49,51H,13-16H2. The van der Waals surface area contributed by atoms with Crippen molar-refractivity contribution in [3.63, 3.8) is 0 Å². The summed E-state index contributed by atoms with van der Waals surface area (Å²) in [6.45, 7) is 0. The number of hydrogen-bond donors (Lipinski definition) is 2. The van der Waals surface area contributed by atoms with Gasteiger partial charge in [-0.25, -0.2) is 9.97 Å². The molecule has 4 atom stereocenters. The average Bonchev–Trinajstić information content (AvgIpc) is 3.98. The predicted molar refractivity (Wildman–Crippen MR) is 212 cm³/mol. The maximum absolute atomic E-state index is 5.43. The molecule has 6 aliphatic carbocycles. The molecule has 2 N–H and O–H groups in total. The van der Waals surface area contributed by atoms with Gasteiger partial charge in [-0.1, -0.05) is 72.8 Å². The van der Waals surface area contributed by atoms with Crippen molar-refractivity contribution in [3.8, 4) is 0 Å². The Kier molecular flexibility index (Phi) is 5.25. The van der Waals surface area contributed by atoms with E-state index in [1.807, 2.05) is 0 Å². The van der Waals surface area contributed by atoms with Gasteiger partial charge in [-0.3, -0.25) is 0 Å². The van der Waals surface area contributed by atoms with Crippen LogP contribution in [-0.4, -0.2) is 19.9 Å². The van der Waals surface area contributed by atoms with Gasteiger partial charge in [0.1, 0.15) is 0 Å². The van der Waals surface area contributed by atoms with E-state index in [1.165, 1.54) is 89.9 Å². The Hall–Kier alpha value is -6.00. The van der Waals surface area contributed by atoms with E-state index in [1.54, 1.807) is 0 Å². The number of benzene rings is 4. The van der Waals surface area contributed by atoms with E-state index < -0.39 is 0 Å². The Morgan fingerprint density at radius 2 is 0.885 bits per heavy atom. The minimum atomic E-state index is 0.343. The summed E-state index contributed by atoms with van der Waals surface area (Å²) >= 11 is 0. The molecule has 0 saturated heterocycles. The van der Waals surface area contributed by atoms with Crippen LogP contribution in [0.15, 0.2) is 109 Å². The molecule has 7 aromatic rings. The van der Waals surface area contributed by atoms with Crippen LogP contribution < -0.4 is 0 Å². The molecular formula is C48H34N4. The van der Waals surface area contributed by atoms with E-state index in [4.69, 9.17) is 9.97 Å². The smallest absolute Gasteiger partial charge is 0.0700 e. The van der Waals surface area contributed by atoms with Gasteiger partial charge in [0.25, 0.3) is 0 Å². The van der Waals surface area contributed by atoms with Gasteiger partial charge >= 0.3 is 0 Å². The topological polar surface area (TPSA) is 57.4 Å². The first-order valence-corrected chi connectivity index (χ1v) is 18.9. The maximum Gasteiger partial charge on any atom is 0.0700 e. The van der Waals surface area contributed by atoms with Crippen molar-refractivity contribution in [2.75, 3.05) is 0 Å². The molecule has 8 aliphatic rings. The first kappa shape index (κ1) is 27.7. The molecule has 4 heteroatoms. The molecule has 0 spiro atoms. The highest BCUT2D eigenvalue weighted by molar-refractivity contribution is 6.02. The molecule has 4 aromatic carbocycles. The van der Waals surface area contributed by atoms with Crippen molar-refractivity contribution in [1.29, 1.82) is 0 Å². The zero-order valence-corrected chi connectivity index (χ0v) is 28.6. The highest BCUT2D eigenvalue weighted by atomic mass is 14.8. The number of nitrogens with zero attached hydrogens (tertiary/aromatic N) is 2. The molecule has 4 nitrogen and oxygen atoms in total. The van der Waals surface area contributed by atoms with E-state index in [-0.39, 0.29) is 0 Å². The fourth-order valence-corrected chi connectivity index (χ4v) is 11.0. The summed E-state index contributed by atoms with van der Waals surface area (Å²) in [4.78, 5) is 18.4. The third kappa shape index (κ3) is 3.71. The van der Waals surface area contributed by atoms with E-state index in [9.17, 15) is 0 Å². The number of nitrogens with one attached hydrogen (secondary N) is 2. The lowest BCUT2D eigenvalue weighted by Gasteiger charge is -2.40. The van der Waals surface area contributed by atoms with Gasteiger partial charge in [-0.15, -0.1) is 0 Å². The summed E-state index contributed by atoms with van der Waals surface area (Å²) in [5, 5.41) is 5.31. The molecule has 0 amide bonds. The first-order valence-electron chi connectivity index (χ1n) is 18.9. The molecule has 0 radical (unpaired) electrons. The third-order valence-corrected chi connectivity index (χ3v) is 13.1. The largest absolute Gasteiger partial charge is 0.355 e. The van der Waals surface area contributed by atoms with Crippen molar-refractivity contribution in [3.05, 3.63) is 165 Å². The third-order valence-electron chi connectivity index (χ3n) is 13.1.